The lowest BCUT2D eigenvalue weighted by Gasteiger charge is -2.58. The number of carbonyl (C=O) groups is 2. The van der Waals surface area contributed by atoms with Gasteiger partial charge in [0.05, 0.1) is 0 Å². The molecule has 2 amide bonds. The molecule has 0 aromatic rings. The first-order valence-corrected chi connectivity index (χ1v) is 27.7. The highest BCUT2D eigenvalue weighted by atomic mass is 16.6. The molecular formula is C58H96N2O4. The van der Waals surface area contributed by atoms with Gasteiger partial charge in [-0.25, -0.2) is 9.59 Å². The highest BCUT2D eigenvalue weighted by Gasteiger charge is 2.61. The first-order valence-electron chi connectivity index (χ1n) is 27.7. The second kappa shape index (κ2) is 19.6. The number of nitrogens with one attached hydrogen (secondary N) is 2. The Kier molecular flexibility index (Phi) is 14.8. The van der Waals surface area contributed by atoms with Crippen molar-refractivity contribution >= 4 is 12.2 Å². The fraction of sp³-hybridized carbons (Fsp3) is 0.897. The van der Waals surface area contributed by atoms with Crippen LogP contribution >= 0.6 is 0 Å². The van der Waals surface area contributed by atoms with E-state index >= 15 is 0 Å². The Morgan fingerprint density at radius 2 is 0.953 bits per heavy atom. The van der Waals surface area contributed by atoms with Crippen molar-refractivity contribution in [3.8, 4) is 0 Å². The largest absolute Gasteiger partial charge is 0.446 e. The summed E-state index contributed by atoms with van der Waals surface area (Å²) in [5, 5.41) is 5.85. The minimum Gasteiger partial charge on any atom is -0.446 e. The summed E-state index contributed by atoms with van der Waals surface area (Å²) in [7, 11) is 0. The van der Waals surface area contributed by atoms with Gasteiger partial charge in [0.2, 0.25) is 0 Å². The summed E-state index contributed by atoms with van der Waals surface area (Å²) in [4.78, 5) is 26.1. The van der Waals surface area contributed by atoms with E-state index in [1.165, 1.54) is 103 Å². The van der Waals surface area contributed by atoms with Gasteiger partial charge in [-0.2, -0.15) is 0 Å². The van der Waals surface area contributed by atoms with E-state index in [9.17, 15) is 9.59 Å². The number of allylic oxidation sites excluding steroid dienone is 2. The van der Waals surface area contributed by atoms with Crippen molar-refractivity contribution in [3.05, 3.63) is 23.3 Å². The molecule has 0 aliphatic heterocycles. The zero-order valence-corrected chi connectivity index (χ0v) is 42.8. The number of alkyl carbamates (subject to hydrolysis) is 2. The summed E-state index contributed by atoms with van der Waals surface area (Å²) in [6.07, 6.45) is 32.1. The molecule has 0 aromatic carbocycles. The molecule has 16 atom stereocenters. The predicted octanol–water partition coefficient (Wildman–Crippen LogP) is 15.3. The summed E-state index contributed by atoms with van der Waals surface area (Å²) in [5.41, 5.74) is 4.58. The van der Waals surface area contributed by atoms with Gasteiger partial charge >= 0.3 is 12.2 Å². The molecule has 6 saturated carbocycles. The van der Waals surface area contributed by atoms with Crippen LogP contribution in [-0.2, 0) is 9.47 Å². The molecule has 64 heavy (non-hydrogen) atoms. The average Bonchev–Trinajstić information content (AvgIpc) is 3.79. The number of amides is 2. The van der Waals surface area contributed by atoms with Gasteiger partial charge in [0.25, 0.3) is 0 Å². The van der Waals surface area contributed by atoms with Crippen LogP contribution in [0.5, 0.6) is 0 Å². The summed E-state index contributed by atoms with van der Waals surface area (Å²) in [5.74, 6) is 9.93. The van der Waals surface area contributed by atoms with Crippen molar-refractivity contribution in [2.75, 3.05) is 13.1 Å². The van der Waals surface area contributed by atoms with Crippen molar-refractivity contribution in [2.24, 2.45) is 92.7 Å². The molecule has 2 N–H and O–H groups in total. The first kappa shape index (κ1) is 48.5. The maximum absolute atomic E-state index is 13.0. The van der Waals surface area contributed by atoms with E-state index in [2.05, 4.69) is 92.0 Å². The number of fused-ring (bicyclic) bond motifs is 10. The minimum absolute atomic E-state index is 0.0760. The summed E-state index contributed by atoms with van der Waals surface area (Å²) in [6.45, 7) is 25.8. The van der Waals surface area contributed by atoms with Gasteiger partial charge in [-0.05, 0) is 183 Å². The SMILES string of the molecule is CC(C)CCC[C@@H](C)[C@H]1CC[C@H]2[C@@H]3CC=C4C[C@@H](OC(=O)NCCNC(=O)O[C@H]5CC[C@@]6(C)C(=CC[C@H]7[C@@H]8CC[C@H]([C@H](C)CCCC(C)C)[C@@]8(C)CC[C@@H]76)C5)CC[C@]4(C)[C@H]3CC[C@]12C. The lowest BCUT2D eigenvalue weighted by atomic mass is 9.47. The van der Waals surface area contributed by atoms with Crippen LogP contribution in [0, 0.1) is 92.7 Å². The Balaban J connectivity index is 0.749. The van der Waals surface area contributed by atoms with Crippen molar-refractivity contribution in [1.29, 1.82) is 0 Å². The van der Waals surface area contributed by atoms with Crippen molar-refractivity contribution in [1.82, 2.24) is 10.6 Å². The number of ether oxygens (including phenoxy) is 2. The Labute approximate surface area is 392 Å². The third kappa shape index (κ3) is 9.41. The van der Waals surface area contributed by atoms with Crippen LogP contribution in [0.3, 0.4) is 0 Å². The maximum atomic E-state index is 13.0. The molecule has 6 fully saturated rings. The van der Waals surface area contributed by atoms with Crippen LogP contribution < -0.4 is 10.6 Å². The molecule has 0 bridgehead atoms. The number of hydrogen-bond donors (Lipinski definition) is 2. The number of carbonyl (C=O) groups excluding carboxylic acids is 2. The van der Waals surface area contributed by atoms with Crippen LogP contribution in [0.15, 0.2) is 23.3 Å². The zero-order valence-electron chi connectivity index (χ0n) is 42.8. The molecule has 0 radical (unpaired) electrons. The normalized spacial score (nSPS) is 42.1. The molecule has 362 valence electrons. The van der Waals surface area contributed by atoms with Crippen LogP contribution in [0.2, 0.25) is 0 Å². The summed E-state index contributed by atoms with van der Waals surface area (Å²) < 4.78 is 12.1. The number of hydrogen-bond acceptors (Lipinski definition) is 4. The topological polar surface area (TPSA) is 76.7 Å². The molecule has 0 aromatic heterocycles. The van der Waals surface area contributed by atoms with E-state index in [4.69, 9.17) is 9.47 Å². The molecule has 8 aliphatic rings. The second-order valence-electron chi connectivity index (χ2n) is 26.0. The third-order valence-electron chi connectivity index (χ3n) is 21.7. The van der Waals surface area contributed by atoms with Crippen LogP contribution in [0.1, 0.15) is 210 Å². The Bertz CT molecular complexity index is 1580. The van der Waals surface area contributed by atoms with E-state index in [0.29, 0.717) is 23.9 Å². The van der Waals surface area contributed by atoms with Gasteiger partial charge in [-0.1, -0.05) is 131 Å². The molecule has 0 unspecified atom stereocenters. The summed E-state index contributed by atoms with van der Waals surface area (Å²) in [6, 6.07) is 0. The fourth-order valence-electron chi connectivity index (χ4n) is 18.2. The van der Waals surface area contributed by atoms with Gasteiger partial charge in [0.15, 0.2) is 0 Å². The number of rotatable bonds is 15. The minimum atomic E-state index is -0.368. The molecule has 8 rings (SSSR count). The van der Waals surface area contributed by atoms with E-state index in [1.54, 1.807) is 11.1 Å². The first-order chi connectivity index (χ1) is 30.5. The van der Waals surface area contributed by atoms with Crippen LogP contribution in [0.4, 0.5) is 9.59 Å². The molecular weight excluding hydrogens is 789 g/mol. The smallest absolute Gasteiger partial charge is 0.407 e. The van der Waals surface area contributed by atoms with Crippen LogP contribution in [0.25, 0.3) is 0 Å². The van der Waals surface area contributed by atoms with Crippen molar-refractivity contribution in [3.63, 3.8) is 0 Å². The van der Waals surface area contributed by atoms with Gasteiger partial charge in [-0.15, -0.1) is 0 Å². The quantitative estimate of drug-likeness (QED) is 0.127. The third-order valence-corrected chi connectivity index (χ3v) is 21.7. The molecule has 6 heteroatoms. The van der Waals surface area contributed by atoms with E-state index in [0.717, 1.165) is 110 Å². The van der Waals surface area contributed by atoms with Gasteiger partial charge in [-0.3, -0.25) is 0 Å². The van der Waals surface area contributed by atoms with E-state index in [-0.39, 0.29) is 35.2 Å². The van der Waals surface area contributed by atoms with E-state index in [1.807, 2.05) is 0 Å². The second-order valence-corrected chi connectivity index (χ2v) is 26.0. The molecule has 8 aliphatic carbocycles. The molecule has 0 saturated heterocycles. The lowest BCUT2D eigenvalue weighted by Crippen LogP contribution is -2.51. The Morgan fingerprint density at radius 3 is 1.34 bits per heavy atom. The lowest BCUT2D eigenvalue weighted by molar-refractivity contribution is -0.0582. The summed E-state index contributed by atoms with van der Waals surface area (Å²) >= 11 is 0. The molecule has 0 spiro atoms. The average molecular weight is 885 g/mol. The maximum Gasteiger partial charge on any atom is 0.407 e. The Morgan fingerprint density at radius 1 is 0.547 bits per heavy atom. The monoisotopic (exact) mass is 885 g/mol. The van der Waals surface area contributed by atoms with Gasteiger partial charge < -0.3 is 20.1 Å². The molecule has 6 nitrogen and oxygen atoms in total. The standard InChI is InChI=1S/C58H96N2O4/c1-37(2)13-11-15-39(5)47-21-23-49-45-19-17-41-35-43(25-29-55(41,7)51(45)27-31-57(47,49)9)63-53(61)59-33-34-60-54(62)64-44-26-30-56(8)42(36-44)18-20-46-50-24-22-48(40(6)16-12-14-38(3)4)58(50,10)32-28-52(46)56/h17-18,37-40,43-52H,11-16,19-36H2,1-10H3,(H,59,61)(H,60,62)/t39-,40-,43+,44+,45+,46+,47-,48-,49+,50+,51+,52+,55+,56+,57-,58-/m1/s1. The van der Waals surface area contributed by atoms with Gasteiger partial charge in [0, 0.05) is 25.9 Å². The predicted molar refractivity (Wildman–Crippen MR) is 263 cm³/mol. The highest BCUT2D eigenvalue weighted by Crippen LogP contribution is 2.69. The van der Waals surface area contributed by atoms with Crippen molar-refractivity contribution in [2.45, 2.75) is 223 Å². The van der Waals surface area contributed by atoms with E-state index < -0.39 is 0 Å². The Hall–Kier alpha value is -1.98. The molecule has 0 heterocycles. The van der Waals surface area contributed by atoms with Crippen molar-refractivity contribution < 1.29 is 19.1 Å². The highest BCUT2D eigenvalue weighted by molar-refractivity contribution is 5.68. The zero-order chi connectivity index (χ0) is 45.6. The fourth-order valence-corrected chi connectivity index (χ4v) is 18.2. The van der Waals surface area contributed by atoms with Crippen LogP contribution in [-0.4, -0.2) is 37.5 Å². The van der Waals surface area contributed by atoms with Gasteiger partial charge in [0.1, 0.15) is 12.2 Å².